The normalized spacial score (nSPS) is 10.3. The van der Waals surface area contributed by atoms with Gasteiger partial charge in [-0.3, -0.25) is 0 Å². The van der Waals surface area contributed by atoms with Gasteiger partial charge in [-0.2, -0.15) is 0 Å². The lowest BCUT2D eigenvalue weighted by Crippen LogP contribution is -1.96. The molecule has 2 rings (SSSR count). The van der Waals surface area contributed by atoms with Crippen LogP contribution in [0.5, 0.6) is 11.5 Å². The Labute approximate surface area is 123 Å². The Bertz CT molecular complexity index is 641. The van der Waals surface area contributed by atoms with Crippen LogP contribution in [0.15, 0.2) is 40.9 Å². The van der Waals surface area contributed by atoms with Gasteiger partial charge >= 0.3 is 5.97 Å². The molecule has 0 atom stereocenters. The third-order valence-electron chi connectivity index (χ3n) is 2.54. The van der Waals surface area contributed by atoms with E-state index >= 15 is 0 Å². The van der Waals surface area contributed by atoms with Crippen molar-refractivity contribution >= 4 is 33.5 Å². The van der Waals surface area contributed by atoms with E-state index in [1.54, 1.807) is 18.2 Å². The third-order valence-corrected chi connectivity index (χ3v) is 3.58. The van der Waals surface area contributed by atoms with E-state index in [-0.39, 0.29) is 5.56 Å². The molecule has 0 bridgehead atoms. The summed E-state index contributed by atoms with van der Waals surface area (Å²) in [7, 11) is 0. The maximum Gasteiger partial charge on any atom is 0.335 e. The molecule has 0 aromatic heterocycles. The van der Waals surface area contributed by atoms with E-state index in [9.17, 15) is 4.79 Å². The fraction of sp³-hybridized carbons (Fsp3) is 0.0714. The second-order valence-corrected chi connectivity index (χ2v) is 5.22. The van der Waals surface area contributed by atoms with E-state index in [1.165, 1.54) is 12.1 Å². The molecular formula is C14H10BrClO3. The lowest BCUT2D eigenvalue weighted by molar-refractivity contribution is 0.0697. The average Bonchev–Trinajstić information content (AvgIpc) is 2.36. The number of aryl methyl sites for hydroxylation is 1. The quantitative estimate of drug-likeness (QED) is 0.863. The Morgan fingerprint density at radius 1 is 1.26 bits per heavy atom. The van der Waals surface area contributed by atoms with Crippen LogP contribution in [-0.2, 0) is 0 Å². The van der Waals surface area contributed by atoms with E-state index in [1.807, 2.05) is 13.0 Å². The molecule has 2 aromatic carbocycles. The van der Waals surface area contributed by atoms with Crippen molar-refractivity contribution in [2.75, 3.05) is 0 Å². The van der Waals surface area contributed by atoms with Crippen LogP contribution in [0.3, 0.4) is 0 Å². The molecule has 0 aliphatic rings. The van der Waals surface area contributed by atoms with Gasteiger partial charge in [-0.05, 0) is 64.8 Å². The minimum absolute atomic E-state index is 0.200. The van der Waals surface area contributed by atoms with Gasteiger partial charge in [0.25, 0.3) is 0 Å². The van der Waals surface area contributed by atoms with Gasteiger partial charge in [0.15, 0.2) is 0 Å². The van der Waals surface area contributed by atoms with Crippen molar-refractivity contribution < 1.29 is 14.6 Å². The molecule has 5 heteroatoms. The van der Waals surface area contributed by atoms with Gasteiger partial charge < -0.3 is 9.84 Å². The number of rotatable bonds is 3. The minimum Gasteiger partial charge on any atom is -0.478 e. The zero-order chi connectivity index (χ0) is 14.0. The summed E-state index contributed by atoms with van der Waals surface area (Å²) in [5, 5.41) is 9.55. The summed E-state index contributed by atoms with van der Waals surface area (Å²) in [5.74, 6) is 0.215. The molecule has 3 nitrogen and oxygen atoms in total. The molecule has 98 valence electrons. The largest absolute Gasteiger partial charge is 0.478 e. The first-order valence-electron chi connectivity index (χ1n) is 5.44. The Kier molecular flexibility index (Phi) is 4.12. The summed E-state index contributed by atoms with van der Waals surface area (Å²) in [6.07, 6.45) is 0. The Balaban J connectivity index is 2.28. The maximum absolute atomic E-state index is 10.8. The van der Waals surface area contributed by atoms with E-state index in [0.717, 1.165) is 5.56 Å². The number of halogens is 2. The van der Waals surface area contributed by atoms with Crippen molar-refractivity contribution in [3.05, 3.63) is 57.0 Å². The Hall–Kier alpha value is -1.52. The van der Waals surface area contributed by atoms with Crippen LogP contribution in [-0.4, -0.2) is 11.1 Å². The van der Waals surface area contributed by atoms with Gasteiger partial charge in [-0.15, -0.1) is 0 Å². The highest BCUT2D eigenvalue weighted by Crippen LogP contribution is 2.32. The maximum atomic E-state index is 10.8. The molecule has 2 aromatic rings. The smallest absolute Gasteiger partial charge is 0.335 e. The summed E-state index contributed by atoms with van der Waals surface area (Å²) >= 11 is 9.23. The highest BCUT2D eigenvalue weighted by Gasteiger charge is 2.08. The molecule has 0 aliphatic heterocycles. The van der Waals surface area contributed by atoms with E-state index < -0.39 is 5.97 Å². The molecule has 0 saturated heterocycles. The molecule has 0 radical (unpaired) electrons. The lowest BCUT2D eigenvalue weighted by Gasteiger charge is -2.09. The monoisotopic (exact) mass is 340 g/mol. The van der Waals surface area contributed by atoms with Crippen LogP contribution in [0.2, 0.25) is 5.02 Å². The molecule has 0 fully saturated rings. The summed E-state index contributed by atoms with van der Waals surface area (Å²) in [5.41, 5.74) is 1.11. The predicted molar refractivity (Wildman–Crippen MR) is 77.4 cm³/mol. The predicted octanol–water partition coefficient (Wildman–Crippen LogP) is 4.90. The molecule has 0 spiro atoms. The van der Waals surface area contributed by atoms with Gasteiger partial charge in [0, 0.05) is 5.02 Å². The van der Waals surface area contributed by atoms with Crippen LogP contribution in [0.25, 0.3) is 0 Å². The van der Waals surface area contributed by atoms with Crippen molar-refractivity contribution in [3.8, 4) is 11.5 Å². The fourth-order valence-electron chi connectivity index (χ4n) is 1.52. The zero-order valence-electron chi connectivity index (χ0n) is 9.98. The van der Waals surface area contributed by atoms with Gasteiger partial charge in [0.2, 0.25) is 0 Å². The van der Waals surface area contributed by atoms with Crippen LogP contribution in [0, 0.1) is 6.92 Å². The SMILES string of the molecule is Cc1cc(Oc2ccc(C(=O)O)cc2Br)ccc1Cl. The van der Waals surface area contributed by atoms with Gasteiger partial charge in [0.05, 0.1) is 10.0 Å². The number of ether oxygens (including phenoxy) is 1. The lowest BCUT2D eigenvalue weighted by atomic mass is 10.2. The summed E-state index contributed by atoms with van der Waals surface area (Å²) in [6, 6.07) is 9.93. The van der Waals surface area contributed by atoms with Crippen LogP contribution in [0.1, 0.15) is 15.9 Å². The minimum atomic E-state index is -0.977. The summed E-state index contributed by atoms with van der Waals surface area (Å²) in [4.78, 5) is 10.8. The van der Waals surface area contributed by atoms with Gasteiger partial charge in [-0.1, -0.05) is 11.6 Å². The molecule has 0 aliphatic carbocycles. The summed E-state index contributed by atoms with van der Waals surface area (Å²) < 4.78 is 6.26. The number of carboxylic acids is 1. The molecule has 0 unspecified atom stereocenters. The number of aromatic carboxylic acids is 1. The number of benzene rings is 2. The number of hydrogen-bond donors (Lipinski definition) is 1. The first kappa shape index (κ1) is 13.9. The third kappa shape index (κ3) is 3.28. The van der Waals surface area contributed by atoms with Crippen molar-refractivity contribution in [1.82, 2.24) is 0 Å². The zero-order valence-corrected chi connectivity index (χ0v) is 12.3. The van der Waals surface area contributed by atoms with Gasteiger partial charge in [-0.25, -0.2) is 4.79 Å². The number of carboxylic acid groups (broad SMARTS) is 1. The van der Waals surface area contributed by atoms with E-state index in [2.05, 4.69) is 15.9 Å². The standard InChI is InChI=1S/C14H10BrClO3/c1-8-6-10(3-4-12(8)16)19-13-5-2-9(14(17)18)7-11(13)15/h2-7H,1H3,(H,17,18). The molecular weight excluding hydrogens is 332 g/mol. The van der Waals surface area contributed by atoms with Crippen molar-refractivity contribution in [3.63, 3.8) is 0 Å². The number of hydrogen-bond acceptors (Lipinski definition) is 2. The molecule has 1 N–H and O–H groups in total. The Morgan fingerprint density at radius 2 is 2.00 bits per heavy atom. The van der Waals surface area contributed by atoms with E-state index in [4.69, 9.17) is 21.4 Å². The molecule has 0 amide bonds. The van der Waals surface area contributed by atoms with Crippen LogP contribution >= 0.6 is 27.5 Å². The van der Waals surface area contributed by atoms with Gasteiger partial charge in [0.1, 0.15) is 11.5 Å². The van der Waals surface area contributed by atoms with Crippen molar-refractivity contribution in [1.29, 1.82) is 0 Å². The Morgan fingerprint density at radius 3 is 2.58 bits per heavy atom. The van der Waals surface area contributed by atoms with Crippen molar-refractivity contribution in [2.24, 2.45) is 0 Å². The number of carbonyl (C=O) groups is 1. The fourth-order valence-corrected chi connectivity index (χ4v) is 2.10. The highest BCUT2D eigenvalue weighted by atomic mass is 79.9. The second kappa shape index (κ2) is 5.63. The van der Waals surface area contributed by atoms with Crippen LogP contribution < -0.4 is 4.74 Å². The topological polar surface area (TPSA) is 46.5 Å². The van der Waals surface area contributed by atoms with Crippen LogP contribution in [0.4, 0.5) is 0 Å². The first-order chi connectivity index (χ1) is 8.97. The highest BCUT2D eigenvalue weighted by molar-refractivity contribution is 9.10. The van der Waals surface area contributed by atoms with Crippen molar-refractivity contribution in [2.45, 2.75) is 6.92 Å². The first-order valence-corrected chi connectivity index (χ1v) is 6.61. The molecule has 0 heterocycles. The molecule has 19 heavy (non-hydrogen) atoms. The van der Waals surface area contributed by atoms with E-state index in [0.29, 0.717) is 21.0 Å². The second-order valence-electron chi connectivity index (χ2n) is 3.96. The molecule has 0 saturated carbocycles. The summed E-state index contributed by atoms with van der Waals surface area (Å²) in [6.45, 7) is 1.89. The average molecular weight is 342 g/mol.